The normalized spacial score (nSPS) is 10.8. The summed E-state index contributed by atoms with van der Waals surface area (Å²) in [4.78, 5) is 14.0. The number of nitrogens with two attached hydrogens (primary N) is 1. The van der Waals surface area contributed by atoms with Crippen molar-refractivity contribution in [3.8, 4) is 6.07 Å². The molecule has 0 aliphatic carbocycles. The zero-order valence-electron chi connectivity index (χ0n) is 11.0. The van der Waals surface area contributed by atoms with Crippen LogP contribution in [0.25, 0.3) is 0 Å². The Morgan fingerprint density at radius 1 is 1.53 bits per heavy atom. The van der Waals surface area contributed by atoms with Gasteiger partial charge in [-0.05, 0) is 18.9 Å². The van der Waals surface area contributed by atoms with Crippen molar-refractivity contribution in [3.63, 3.8) is 0 Å². The first-order chi connectivity index (χ1) is 8.95. The van der Waals surface area contributed by atoms with Gasteiger partial charge in [0.2, 0.25) is 5.69 Å². The summed E-state index contributed by atoms with van der Waals surface area (Å²) in [5.74, 6) is 0.416. The van der Waals surface area contributed by atoms with Crippen LogP contribution in [-0.4, -0.2) is 22.0 Å². The quantitative estimate of drug-likeness (QED) is 0.596. The van der Waals surface area contributed by atoms with Gasteiger partial charge < -0.3 is 11.1 Å². The summed E-state index contributed by atoms with van der Waals surface area (Å²) in [6.07, 6.45) is 1.60. The van der Waals surface area contributed by atoms with Gasteiger partial charge in [-0.3, -0.25) is 10.1 Å². The van der Waals surface area contributed by atoms with Crippen LogP contribution in [0, 0.1) is 21.4 Å². The molecule has 0 unspecified atom stereocenters. The van der Waals surface area contributed by atoms with Crippen LogP contribution in [0.3, 0.4) is 0 Å². The van der Waals surface area contributed by atoms with Crippen molar-refractivity contribution in [1.82, 2.24) is 4.98 Å². The SMILES string of the molecule is CCC(N)(CC)CNc1ccc([N+](=O)[O-])c(C#N)n1. The van der Waals surface area contributed by atoms with E-state index in [0.29, 0.717) is 12.4 Å². The fourth-order valence-corrected chi connectivity index (χ4v) is 1.55. The minimum atomic E-state index is -0.624. The standard InChI is InChI=1S/C12H17N5O2/c1-3-12(14,4-2)8-15-11-6-5-10(17(18)19)9(7-13)16-11/h5-6H,3-4,8,14H2,1-2H3,(H,15,16). The molecule has 0 amide bonds. The summed E-state index contributed by atoms with van der Waals surface area (Å²) in [5.41, 5.74) is 5.28. The highest BCUT2D eigenvalue weighted by Gasteiger charge is 2.21. The van der Waals surface area contributed by atoms with E-state index in [0.717, 1.165) is 12.8 Å². The number of nitrogens with one attached hydrogen (secondary N) is 1. The second-order valence-electron chi connectivity index (χ2n) is 4.36. The molecule has 0 saturated heterocycles. The summed E-state index contributed by atoms with van der Waals surface area (Å²) in [6.45, 7) is 4.49. The fraction of sp³-hybridized carbons (Fsp3) is 0.500. The van der Waals surface area contributed by atoms with Crippen LogP contribution >= 0.6 is 0 Å². The Balaban J connectivity index is 2.87. The van der Waals surface area contributed by atoms with Crippen LogP contribution in [0.15, 0.2) is 12.1 Å². The van der Waals surface area contributed by atoms with Gasteiger partial charge in [-0.25, -0.2) is 4.98 Å². The second kappa shape index (κ2) is 6.11. The Hall–Kier alpha value is -2.20. The van der Waals surface area contributed by atoms with E-state index in [2.05, 4.69) is 10.3 Å². The van der Waals surface area contributed by atoms with Gasteiger partial charge in [0.1, 0.15) is 11.9 Å². The number of hydrogen-bond donors (Lipinski definition) is 2. The van der Waals surface area contributed by atoms with Crippen molar-refractivity contribution in [2.24, 2.45) is 5.73 Å². The van der Waals surface area contributed by atoms with Crippen LogP contribution in [-0.2, 0) is 0 Å². The lowest BCUT2D eigenvalue weighted by molar-refractivity contribution is -0.385. The zero-order chi connectivity index (χ0) is 14.5. The van der Waals surface area contributed by atoms with Crippen LogP contribution in [0.5, 0.6) is 0 Å². The monoisotopic (exact) mass is 263 g/mol. The predicted molar refractivity (Wildman–Crippen MR) is 71.6 cm³/mol. The third-order valence-electron chi connectivity index (χ3n) is 3.21. The lowest BCUT2D eigenvalue weighted by Gasteiger charge is -2.27. The summed E-state index contributed by atoms with van der Waals surface area (Å²) < 4.78 is 0. The van der Waals surface area contributed by atoms with Gasteiger partial charge in [0.25, 0.3) is 0 Å². The number of hydrogen-bond acceptors (Lipinski definition) is 6. The van der Waals surface area contributed by atoms with Crippen molar-refractivity contribution in [1.29, 1.82) is 5.26 Å². The number of rotatable bonds is 6. The summed E-state index contributed by atoms with van der Waals surface area (Å²) in [6, 6.07) is 4.46. The van der Waals surface area contributed by atoms with Gasteiger partial charge in [0, 0.05) is 18.2 Å². The van der Waals surface area contributed by atoms with Crippen molar-refractivity contribution in [2.45, 2.75) is 32.2 Å². The van der Waals surface area contributed by atoms with Gasteiger partial charge in [-0.2, -0.15) is 5.26 Å². The maximum absolute atomic E-state index is 10.7. The molecule has 0 saturated carbocycles. The van der Waals surface area contributed by atoms with E-state index in [1.54, 1.807) is 6.07 Å². The van der Waals surface area contributed by atoms with Crippen LogP contribution in [0.2, 0.25) is 0 Å². The minimum absolute atomic E-state index is 0.203. The molecule has 1 aromatic heterocycles. The first-order valence-corrected chi connectivity index (χ1v) is 6.04. The van der Waals surface area contributed by atoms with Gasteiger partial charge in [0.05, 0.1) is 4.92 Å². The topological polar surface area (TPSA) is 118 Å². The van der Waals surface area contributed by atoms with Gasteiger partial charge in [-0.1, -0.05) is 13.8 Å². The van der Waals surface area contributed by atoms with Crippen molar-refractivity contribution in [2.75, 3.05) is 11.9 Å². The number of nitriles is 1. The molecule has 1 rings (SSSR count). The third kappa shape index (κ3) is 3.63. The highest BCUT2D eigenvalue weighted by Crippen LogP contribution is 2.19. The van der Waals surface area contributed by atoms with Crippen molar-refractivity contribution < 1.29 is 4.92 Å². The molecule has 0 bridgehead atoms. The van der Waals surface area contributed by atoms with E-state index in [9.17, 15) is 10.1 Å². The Morgan fingerprint density at radius 3 is 2.63 bits per heavy atom. The average Bonchev–Trinajstić information content (AvgIpc) is 2.44. The molecule has 0 fully saturated rings. The maximum Gasteiger partial charge on any atom is 0.305 e. The molecule has 7 heteroatoms. The Labute approximate surface area is 111 Å². The van der Waals surface area contributed by atoms with E-state index >= 15 is 0 Å². The molecule has 7 nitrogen and oxygen atoms in total. The molecule has 19 heavy (non-hydrogen) atoms. The summed E-state index contributed by atoms with van der Waals surface area (Å²) >= 11 is 0. The lowest BCUT2D eigenvalue weighted by atomic mass is 9.94. The lowest BCUT2D eigenvalue weighted by Crippen LogP contribution is -2.45. The molecular weight excluding hydrogens is 246 g/mol. The molecule has 0 aliphatic heterocycles. The van der Waals surface area contributed by atoms with E-state index in [1.165, 1.54) is 12.1 Å². The number of nitro groups is 1. The highest BCUT2D eigenvalue weighted by molar-refractivity contribution is 5.50. The molecule has 0 radical (unpaired) electrons. The van der Waals surface area contributed by atoms with Crippen molar-refractivity contribution in [3.05, 3.63) is 27.9 Å². The number of nitrogens with zero attached hydrogens (tertiary/aromatic N) is 3. The Morgan fingerprint density at radius 2 is 2.16 bits per heavy atom. The van der Waals surface area contributed by atoms with Crippen molar-refractivity contribution >= 4 is 11.5 Å². The molecule has 3 N–H and O–H groups in total. The second-order valence-corrected chi connectivity index (χ2v) is 4.36. The smallest absolute Gasteiger partial charge is 0.305 e. The molecular formula is C12H17N5O2. The first kappa shape index (κ1) is 14.9. The van der Waals surface area contributed by atoms with Gasteiger partial charge in [0.15, 0.2) is 0 Å². The van der Waals surface area contributed by atoms with Crippen LogP contribution in [0.1, 0.15) is 32.4 Å². The Kier molecular flexibility index (Phi) is 4.78. The molecule has 1 aromatic rings. The number of anilines is 1. The van der Waals surface area contributed by atoms with E-state index in [4.69, 9.17) is 11.0 Å². The van der Waals surface area contributed by atoms with Crippen LogP contribution in [0.4, 0.5) is 11.5 Å². The molecule has 102 valence electrons. The fourth-order valence-electron chi connectivity index (χ4n) is 1.55. The van der Waals surface area contributed by atoms with E-state index < -0.39 is 4.92 Å². The minimum Gasteiger partial charge on any atom is -0.368 e. The average molecular weight is 263 g/mol. The summed E-state index contributed by atoms with van der Waals surface area (Å²) in [5, 5.41) is 22.5. The van der Waals surface area contributed by atoms with Crippen LogP contribution < -0.4 is 11.1 Å². The number of aromatic nitrogens is 1. The molecule has 0 aromatic carbocycles. The maximum atomic E-state index is 10.7. The number of pyridine rings is 1. The van der Waals surface area contributed by atoms with E-state index in [1.807, 2.05) is 13.8 Å². The molecule has 0 atom stereocenters. The van der Waals surface area contributed by atoms with Gasteiger partial charge >= 0.3 is 5.69 Å². The molecule has 0 aliphatic rings. The largest absolute Gasteiger partial charge is 0.368 e. The summed E-state index contributed by atoms with van der Waals surface area (Å²) in [7, 11) is 0. The zero-order valence-corrected chi connectivity index (χ0v) is 11.0. The Bertz CT molecular complexity index is 505. The predicted octanol–water partition coefficient (Wildman–Crippen LogP) is 1.79. The third-order valence-corrected chi connectivity index (χ3v) is 3.21. The molecule has 0 spiro atoms. The molecule has 1 heterocycles. The van der Waals surface area contributed by atoms with E-state index in [-0.39, 0.29) is 16.9 Å². The van der Waals surface area contributed by atoms with Gasteiger partial charge in [-0.15, -0.1) is 0 Å². The first-order valence-electron chi connectivity index (χ1n) is 6.04. The highest BCUT2D eigenvalue weighted by atomic mass is 16.6.